The molecule has 3 aromatic heterocycles. The van der Waals surface area contributed by atoms with Crippen molar-refractivity contribution in [3.8, 4) is 5.69 Å². The van der Waals surface area contributed by atoms with Gasteiger partial charge in [0.1, 0.15) is 16.9 Å². The molecular weight excluding hydrogens is 338 g/mol. The third kappa shape index (κ3) is 2.69. The molecule has 5 rings (SSSR count). The van der Waals surface area contributed by atoms with Crippen LogP contribution in [0.25, 0.3) is 27.8 Å². The number of hydrogen-bond acceptors (Lipinski definition) is 5. The first kappa shape index (κ1) is 15.5. The van der Waals surface area contributed by atoms with Crippen molar-refractivity contribution in [3.63, 3.8) is 0 Å². The van der Waals surface area contributed by atoms with Gasteiger partial charge in [-0.1, -0.05) is 30.3 Å². The van der Waals surface area contributed by atoms with Crippen LogP contribution in [0.4, 0.5) is 5.95 Å². The molecular formula is C20H17N7. The predicted octanol–water partition coefficient (Wildman–Crippen LogP) is 3.31. The summed E-state index contributed by atoms with van der Waals surface area (Å²) < 4.78 is 3.92. The first-order valence-electron chi connectivity index (χ1n) is 8.70. The van der Waals surface area contributed by atoms with E-state index in [1.165, 1.54) is 0 Å². The van der Waals surface area contributed by atoms with Gasteiger partial charge in [-0.05, 0) is 24.3 Å². The van der Waals surface area contributed by atoms with Gasteiger partial charge in [-0.3, -0.25) is 9.25 Å². The van der Waals surface area contributed by atoms with Crippen molar-refractivity contribution < 1.29 is 0 Å². The van der Waals surface area contributed by atoms with E-state index < -0.39 is 0 Å². The number of rotatable bonds is 4. The van der Waals surface area contributed by atoms with E-state index >= 15 is 0 Å². The van der Waals surface area contributed by atoms with Crippen LogP contribution in [0, 0.1) is 0 Å². The second-order valence-corrected chi connectivity index (χ2v) is 6.27. The molecule has 27 heavy (non-hydrogen) atoms. The number of benzene rings is 2. The molecule has 2 aromatic carbocycles. The van der Waals surface area contributed by atoms with Gasteiger partial charge < -0.3 is 5.32 Å². The van der Waals surface area contributed by atoms with Gasteiger partial charge in [0.2, 0.25) is 5.95 Å². The molecule has 5 aromatic rings. The van der Waals surface area contributed by atoms with E-state index in [1.807, 2.05) is 43.4 Å². The van der Waals surface area contributed by atoms with Crippen molar-refractivity contribution in [2.24, 2.45) is 7.05 Å². The van der Waals surface area contributed by atoms with E-state index in [4.69, 9.17) is 4.98 Å². The van der Waals surface area contributed by atoms with Gasteiger partial charge in [0, 0.05) is 12.7 Å². The van der Waals surface area contributed by atoms with E-state index in [2.05, 4.69) is 43.1 Å². The summed E-state index contributed by atoms with van der Waals surface area (Å²) in [7, 11) is 1.88. The normalized spacial score (nSPS) is 11.3. The standard InChI is InChI=1S/C20H17N7/c1-26-18-12-21-20(25-16(18)11-23-26)22-13-19-24-15-9-5-6-10-17(15)27(19)14-7-3-2-4-8-14/h2-12H,13H2,1H3,(H,21,22,25). The average Bonchev–Trinajstić information content (AvgIpc) is 3.27. The lowest BCUT2D eigenvalue weighted by atomic mass is 10.3. The fourth-order valence-corrected chi connectivity index (χ4v) is 3.24. The van der Waals surface area contributed by atoms with Crippen molar-refractivity contribution >= 4 is 28.0 Å². The van der Waals surface area contributed by atoms with Crippen molar-refractivity contribution in [2.45, 2.75) is 6.54 Å². The minimum atomic E-state index is 0.509. The molecule has 0 saturated carbocycles. The third-order valence-corrected chi connectivity index (χ3v) is 4.55. The Bertz CT molecular complexity index is 1240. The number of para-hydroxylation sites is 3. The number of aryl methyl sites for hydroxylation is 1. The van der Waals surface area contributed by atoms with Crippen LogP contribution < -0.4 is 5.32 Å². The van der Waals surface area contributed by atoms with E-state index in [-0.39, 0.29) is 0 Å². The van der Waals surface area contributed by atoms with Crippen LogP contribution >= 0.6 is 0 Å². The Morgan fingerprint density at radius 2 is 1.67 bits per heavy atom. The van der Waals surface area contributed by atoms with E-state index in [1.54, 1.807) is 17.1 Å². The lowest BCUT2D eigenvalue weighted by molar-refractivity contribution is 0.795. The quantitative estimate of drug-likeness (QED) is 0.535. The van der Waals surface area contributed by atoms with Crippen molar-refractivity contribution in [1.29, 1.82) is 0 Å². The van der Waals surface area contributed by atoms with Crippen LogP contribution in [-0.2, 0) is 13.6 Å². The van der Waals surface area contributed by atoms with Gasteiger partial charge in [0.05, 0.1) is 30.0 Å². The summed E-state index contributed by atoms with van der Waals surface area (Å²) >= 11 is 0. The molecule has 3 heterocycles. The molecule has 0 unspecified atom stereocenters. The monoisotopic (exact) mass is 355 g/mol. The zero-order valence-corrected chi connectivity index (χ0v) is 14.7. The highest BCUT2D eigenvalue weighted by molar-refractivity contribution is 5.78. The molecule has 0 atom stereocenters. The summed E-state index contributed by atoms with van der Waals surface area (Å²) in [6, 6.07) is 18.4. The molecule has 0 aliphatic rings. The van der Waals surface area contributed by atoms with Crippen LogP contribution in [0.2, 0.25) is 0 Å². The second kappa shape index (κ2) is 6.21. The minimum Gasteiger partial charge on any atom is -0.347 e. The number of hydrogen-bond donors (Lipinski definition) is 1. The molecule has 0 radical (unpaired) electrons. The lowest BCUT2D eigenvalue weighted by Gasteiger charge is -2.10. The van der Waals surface area contributed by atoms with Crippen LogP contribution in [0.3, 0.4) is 0 Å². The fourth-order valence-electron chi connectivity index (χ4n) is 3.24. The Kier molecular flexibility index (Phi) is 3.57. The smallest absolute Gasteiger partial charge is 0.223 e. The van der Waals surface area contributed by atoms with Crippen LogP contribution in [0.15, 0.2) is 67.0 Å². The Labute approximate surface area is 155 Å². The Morgan fingerprint density at radius 1 is 0.852 bits per heavy atom. The SMILES string of the molecule is Cn1ncc2nc(NCc3nc4ccccc4n3-c3ccccc3)ncc21. The van der Waals surface area contributed by atoms with Crippen molar-refractivity contribution in [3.05, 3.63) is 72.8 Å². The zero-order valence-electron chi connectivity index (χ0n) is 14.7. The molecule has 7 heteroatoms. The van der Waals surface area contributed by atoms with Crippen LogP contribution in [0.5, 0.6) is 0 Å². The van der Waals surface area contributed by atoms with Gasteiger partial charge in [-0.15, -0.1) is 0 Å². The number of aromatic nitrogens is 6. The number of imidazole rings is 1. The molecule has 0 amide bonds. The first-order chi connectivity index (χ1) is 13.3. The Hall–Kier alpha value is -3.74. The summed E-state index contributed by atoms with van der Waals surface area (Å²) in [6.45, 7) is 0.509. The fraction of sp³-hybridized carbons (Fsp3) is 0.100. The highest BCUT2D eigenvalue weighted by Crippen LogP contribution is 2.22. The number of nitrogens with zero attached hydrogens (tertiary/aromatic N) is 6. The van der Waals surface area contributed by atoms with Crippen LogP contribution in [0.1, 0.15) is 5.82 Å². The summed E-state index contributed by atoms with van der Waals surface area (Å²) in [5.41, 5.74) is 4.82. The average molecular weight is 355 g/mol. The summed E-state index contributed by atoms with van der Waals surface area (Å²) in [6.07, 6.45) is 3.51. The van der Waals surface area contributed by atoms with Gasteiger partial charge in [-0.25, -0.2) is 15.0 Å². The molecule has 0 bridgehead atoms. The van der Waals surface area contributed by atoms with Crippen LogP contribution in [-0.4, -0.2) is 29.3 Å². The predicted molar refractivity (Wildman–Crippen MR) is 105 cm³/mol. The van der Waals surface area contributed by atoms with Crippen molar-refractivity contribution in [2.75, 3.05) is 5.32 Å². The summed E-state index contributed by atoms with van der Waals surface area (Å²) in [5, 5.41) is 7.50. The summed E-state index contributed by atoms with van der Waals surface area (Å²) in [4.78, 5) is 13.7. The lowest BCUT2D eigenvalue weighted by Crippen LogP contribution is -2.09. The number of anilines is 1. The maximum Gasteiger partial charge on any atom is 0.223 e. The number of nitrogens with one attached hydrogen (secondary N) is 1. The molecule has 132 valence electrons. The minimum absolute atomic E-state index is 0.509. The molecule has 0 aliphatic carbocycles. The van der Waals surface area contributed by atoms with E-state index in [9.17, 15) is 0 Å². The molecule has 0 fully saturated rings. The van der Waals surface area contributed by atoms with E-state index in [0.29, 0.717) is 12.5 Å². The molecule has 7 nitrogen and oxygen atoms in total. The summed E-state index contributed by atoms with van der Waals surface area (Å²) in [5.74, 6) is 1.46. The zero-order chi connectivity index (χ0) is 18.2. The first-order valence-corrected chi connectivity index (χ1v) is 8.70. The second-order valence-electron chi connectivity index (χ2n) is 6.27. The van der Waals surface area contributed by atoms with Gasteiger partial charge in [0.15, 0.2) is 0 Å². The molecule has 1 N–H and O–H groups in total. The van der Waals surface area contributed by atoms with Gasteiger partial charge in [-0.2, -0.15) is 5.10 Å². The van der Waals surface area contributed by atoms with Crippen molar-refractivity contribution in [1.82, 2.24) is 29.3 Å². The third-order valence-electron chi connectivity index (χ3n) is 4.55. The molecule has 0 saturated heterocycles. The maximum atomic E-state index is 4.80. The topological polar surface area (TPSA) is 73.5 Å². The van der Waals surface area contributed by atoms with E-state index in [0.717, 1.165) is 33.6 Å². The molecule has 0 aliphatic heterocycles. The highest BCUT2D eigenvalue weighted by atomic mass is 15.3. The maximum absolute atomic E-state index is 4.80. The van der Waals surface area contributed by atoms with Gasteiger partial charge >= 0.3 is 0 Å². The van der Waals surface area contributed by atoms with Gasteiger partial charge in [0.25, 0.3) is 0 Å². The number of fused-ring (bicyclic) bond motifs is 2. The Morgan fingerprint density at radius 3 is 2.56 bits per heavy atom. The highest BCUT2D eigenvalue weighted by Gasteiger charge is 2.12. The Balaban J connectivity index is 1.52. The molecule has 0 spiro atoms. The largest absolute Gasteiger partial charge is 0.347 e.